The number of pyridine rings is 1. The van der Waals surface area contributed by atoms with Crippen LogP contribution in [0.15, 0.2) is 48.2 Å². The fraction of sp³-hybridized carbons (Fsp3) is 0.208. The van der Waals surface area contributed by atoms with Crippen molar-refractivity contribution in [2.24, 2.45) is 0 Å². The highest BCUT2D eigenvalue weighted by atomic mass is 32.1. The third-order valence-corrected chi connectivity index (χ3v) is 6.13. The summed E-state index contributed by atoms with van der Waals surface area (Å²) in [7, 11) is 0. The fourth-order valence-electron chi connectivity index (χ4n) is 3.62. The van der Waals surface area contributed by atoms with Gasteiger partial charge >= 0.3 is 0 Å². The van der Waals surface area contributed by atoms with Crippen LogP contribution < -0.4 is 10.6 Å². The third kappa shape index (κ3) is 5.52. The molecule has 4 aromatic heterocycles. The van der Waals surface area contributed by atoms with Crippen molar-refractivity contribution in [3.63, 3.8) is 0 Å². The Bertz CT molecular complexity index is 1420. The molecule has 1 aliphatic carbocycles. The van der Waals surface area contributed by atoms with Crippen LogP contribution in [-0.4, -0.2) is 35.9 Å². The smallest absolute Gasteiger partial charge is 0.274 e. The average molecular weight is 492 g/mol. The van der Waals surface area contributed by atoms with Crippen molar-refractivity contribution in [1.29, 1.82) is 0 Å². The van der Waals surface area contributed by atoms with E-state index >= 15 is 0 Å². The molecule has 4 heterocycles. The first-order valence-corrected chi connectivity index (χ1v) is 11.9. The first-order valence-electron chi connectivity index (χ1n) is 11.0. The van der Waals surface area contributed by atoms with E-state index in [9.17, 15) is 14.0 Å². The molecule has 0 aliphatic heterocycles. The van der Waals surface area contributed by atoms with Gasteiger partial charge in [0.15, 0.2) is 5.13 Å². The predicted octanol–water partition coefficient (Wildman–Crippen LogP) is 4.44. The van der Waals surface area contributed by atoms with Gasteiger partial charge in [0.25, 0.3) is 5.91 Å². The van der Waals surface area contributed by atoms with E-state index in [1.54, 1.807) is 29.0 Å². The van der Waals surface area contributed by atoms with E-state index < -0.39 is 5.95 Å². The Balaban J connectivity index is 1.25. The highest BCUT2D eigenvalue weighted by molar-refractivity contribution is 7.14. The number of carbonyl (C=O) groups is 2. The van der Waals surface area contributed by atoms with Crippen LogP contribution in [-0.2, 0) is 11.3 Å². The van der Waals surface area contributed by atoms with Gasteiger partial charge in [-0.1, -0.05) is 0 Å². The Labute approximate surface area is 204 Å². The molecule has 2 N–H and O–H groups in total. The first-order chi connectivity index (χ1) is 16.9. The van der Waals surface area contributed by atoms with Gasteiger partial charge < -0.3 is 9.13 Å². The van der Waals surface area contributed by atoms with Crippen molar-refractivity contribution >= 4 is 46.4 Å². The van der Waals surface area contributed by atoms with Crippen molar-refractivity contribution in [2.45, 2.75) is 32.4 Å². The van der Waals surface area contributed by atoms with Gasteiger partial charge in [0.05, 0.1) is 11.4 Å². The van der Waals surface area contributed by atoms with Gasteiger partial charge in [0.2, 0.25) is 17.8 Å². The summed E-state index contributed by atoms with van der Waals surface area (Å²) in [5.41, 5.74) is 2.53. The molecule has 1 aliphatic rings. The summed E-state index contributed by atoms with van der Waals surface area (Å²) >= 11 is 1.31. The molecule has 0 bridgehead atoms. The summed E-state index contributed by atoms with van der Waals surface area (Å²) in [5.74, 6) is -0.484. The number of amides is 2. The van der Waals surface area contributed by atoms with Crippen LogP contribution in [0.2, 0.25) is 0 Å². The summed E-state index contributed by atoms with van der Waals surface area (Å²) in [5, 5.41) is 7.88. The molecule has 11 heteroatoms. The van der Waals surface area contributed by atoms with Crippen LogP contribution in [0.25, 0.3) is 12.2 Å². The van der Waals surface area contributed by atoms with Gasteiger partial charge in [-0.15, -0.1) is 11.3 Å². The van der Waals surface area contributed by atoms with E-state index in [1.165, 1.54) is 30.5 Å². The molecule has 35 heavy (non-hydrogen) atoms. The van der Waals surface area contributed by atoms with E-state index in [2.05, 4.69) is 25.6 Å². The Morgan fingerprint density at radius 3 is 2.80 bits per heavy atom. The summed E-state index contributed by atoms with van der Waals surface area (Å²) in [6.45, 7) is 1.80. The summed E-state index contributed by atoms with van der Waals surface area (Å²) < 4.78 is 17.1. The lowest BCUT2D eigenvalue weighted by molar-refractivity contribution is -0.114. The maximum Gasteiger partial charge on any atom is 0.274 e. The molecule has 0 saturated heterocycles. The zero-order chi connectivity index (χ0) is 24.4. The number of aromatic nitrogens is 5. The molecule has 0 atom stereocenters. The number of hydrogen-bond donors (Lipinski definition) is 2. The predicted molar refractivity (Wildman–Crippen MR) is 132 cm³/mol. The molecule has 178 valence electrons. The molecular formula is C24H22FN7O2S. The molecule has 0 spiro atoms. The second-order valence-electron chi connectivity index (χ2n) is 8.18. The molecule has 1 fully saturated rings. The van der Waals surface area contributed by atoms with Crippen LogP contribution >= 0.6 is 11.3 Å². The van der Waals surface area contributed by atoms with Crippen molar-refractivity contribution in [2.75, 3.05) is 10.6 Å². The fourth-order valence-corrected chi connectivity index (χ4v) is 4.29. The minimum atomic E-state index is -0.560. The monoisotopic (exact) mass is 491 g/mol. The molecule has 5 rings (SSSR count). The van der Waals surface area contributed by atoms with E-state index in [0.29, 0.717) is 46.3 Å². The molecule has 4 aromatic rings. The lowest BCUT2D eigenvalue weighted by atomic mass is 10.2. The maximum absolute atomic E-state index is 13.4. The van der Waals surface area contributed by atoms with Crippen LogP contribution in [0.5, 0.6) is 0 Å². The summed E-state index contributed by atoms with van der Waals surface area (Å²) in [6.07, 6.45) is 10.9. The van der Waals surface area contributed by atoms with Crippen molar-refractivity contribution in [3.05, 3.63) is 76.8 Å². The lowest BCUT2D eigenvalue weighted by Crippen LogP contribution is -2.17. The van der Waals surface area contributed by atoms with Crippen LogP contribution in [0.1, 0.15) is 53.2 Å². The highest BCUT2D eigenvalue weighted by Gasteiger charge is 2.26. The number of anilines is 2. The minimum Gasteiger partial charge on any atom is -0.339 e. The number of rotatable bonds is 8. The molecule has 0 radical (unpaired) electrons. The molecule has 0 unspecified atom stereocenters. The Kier molecular flexibility index (Phi) is 6.23. The first kappa shape index (κ1) is 22.7. The van der Waals surface area contributed by atoms with E-state index in [-0.39, 0.29) is 11.8 Å². The van der Waals surface area contributed by atoms with E-state index in [1.807, 2.05) is 28.3 Å². The highest BCUT2D eigenvalue weighted by Crippen LogP contribution is 2.37. The summed E-state index contributed by atoms with van der Waals surface area (Å²) in [4.78, 5) is 36.8. The minimum absolute atomic E-state index is 0.160. The number of nitrogens with zero attached hydrogens (tertiary/aromatic N) is 5. The van der Waals surface area contributed by atoms with Crippen LogP contribution in [0.3, 0.4) is 0 Å². The molecule has 9 nitrogen and oxygen atoms in total. The molecule has 0 aromatic carbocycles. The number of imidazole rings is 1. The van der Waals surface area contributed by atoms with Crippen LogP contribution in [0, 0.1) is 5.95 Å². The zero-order valence-electron chi connectivity index (χ0n) is 18.8. The zero-order valence-corrected chi connectivity index (χ0v) is 19.6. The third-order valence-electron chi connectivity index (χ3n) is 5.35. The lowest BCUT2D eigenvalue weighted by Gasteiger charge is -2.09. The van der Waals surface area contributed by atoms with Gasteiger partial charge in [-0.25, -0.2) is 15.0 Å². The quantitative estimate of drug-likeness (QED) is 0.355. The molecule has 2 amide bonds. The van der Waals surface area contributed by atoms with E-state index in [4.69, 9.17) is 0 Å². The number of carbonyl (C=O) groups excluding carboxylic acids is 2. The molecule has 1 saturated carbocycles. The summed E-state index contributed by atoms with van der Waals surface area (Å²) in [6, 6.07) is 6.89. The topological polar surface area (TPSA) is 107 Å². The van der Waals surface area contributed by atoms with Crippen LogP contribution in [0.4, 0.5) is 15.5 Å². The van der Waals surface area contributed by atoms with Gasteiger partial charge in [-0.05, 0) is 54.8 Å². The molecular weight excluding hydrogens is 469 g/mol. The normalized spacial score (nSPS) is 13.3. The number of nitrogens with one attached hydrogen (secondary N) is 2. The van der Waals surface area contributed by atoms with Gasteiger partial charge in [-0.2, -0.15) is 4.39 Å². The van der Waals surface area contributed by atoms with Gasteiger partial charge in [0.1, 0.15) is 5.69 Å². The Morgan fingerprint density at radius 2 is 2.03 bits per heavy atom. The largest absolute Gasteiger partial charge is 0.339 e. The van der Waals surface area contributed by atoms with Crippen molar-refractivity contribution in [1.82, 2.24) is 24.1 Å². The van der Waals surface area contributed by atoms with Crippen molar-refractivity contribution in [3.8, 4) is 0 Å². The van der Waals surface area contributed by atoms with Gasteiger partial charge in [-0.3, -0.25) is 20.2 Å². The second kappa shape index (κ2) is 9.63. The van der Waals surface area contributed by atoms with E-state index in [0.717, 1.165) is 12.8 Å². The SMILES string of the molecule is CC(=O)Nc1nc(/C=C/c2csc(NC(=O)c3cccn3Cc3ccnc(F)c3)n2)cn1C1CC1. The second-order valence-corrected chi connectivity index (χ2v) is 9.04. The van der Waals surface area contributed by atoms with Crippen molar-refractivity contribution < 1.29 is 14.0 Å². The number of thiazole rings is 1. The Hall–Kier alpha value is -4.12. The Morgan fingerprint density at radius 1 is 1.20 bits per heavy atom. The number of halogens is 1. The number of hydrogen-bond acceptors (Lipinski definition) is 6. The maximum atomic E-state index is 13.4. The average Bonchev–Trinajstić information content (AvgIpc) is 3.19. The standard InChI is InChI=1S/C24H22FN7O2S/c1-15(33)27-23-28-17(13-32(23)19-6-7-19)4-5-18-14-35-24(29-18)30-22(34)20-3-2-10-31(20)12-16-8-9-26-21(25)11-16/h2-5,8-11,13-14,19H,6-7,12H2,1H3,(H,27,28,33)(H,29,30,34)/b5-4+. The van der Waals surface area contributed by atoms with Gasteiger partial charge in [0, 0.05) is 43.5 Å².